The van der Waals surface area contributed by atoms with Gasteiger partial charge in [0, 0.05) is 20.1 Å². The van der Waals surface area contributed by atoms with Crippen LogP contribution in [0.1, 0.15) is 12.8 Å². The molecule has 0 rings (SSSR count). The maximum absolute atomic E-state index is 10.3. The van der Waals surface area contributed by atoms with Crippen LogP contribution >= 0.6 is 0 Å². The van der Waals surface area contributed by atoms with E-state index in [9.17, 15) is 9.90 Å². The summed E-state index contributed by atoms with van der Waals surface area (Å²) in [6, 6.07) is 0. The molecule has 0 spiro atoms. The van der Waals surface area contributed by atoms with E-state index in [0.29, 0.717) is 32.5 Å². The molecule has 1 atom stereocenters. The lowest BCUT2D eigenvalue weighted by atomic mass is 10.3. The highest BCUT2D eigenvalue weighted by atomic mass is 16.5. The Bertz CT molecular complexity index is 141. The minimum atomic E-state index is -0.487. The van der Waals surface area contributed by atoms with Gasteiger partial charge in [-0.1, -0.05) is 0 Å². The quantitative estimate of drug-likeness (QED) is 0.422. The van der Waals surface area contributed by atoms with E-state index in [-0.39, 0.29) is 5.91 Å². The van der Waals surface area contributed by atoms with Gasteiger partial charge in [-0.15, -0.1) is 0 Å². The summed E-state index contributed by atoms with van der Waals surface area (Å²) in [5, 5.41) is 12.2. The second kappa shape index (κ2) is 7.97. The van der Waals surface area contributed by atoms with Crippen LogP contribution < -0.4 is 11.1 Å². The molecule has 0 aromatic heterocycles. The van der Waals surface area contributed by atoms with Gasteiger partial charge in [0.15, 0.2) is 0 Å². The Hall–Kier alpha value is -0.650. The second-order valence-corrected chi connectivity index (χ2v) is 2.88. The van der Waals surface area contributed by atoms with Crippen molar-refractivity contribution in [1.82, 2.24) is 5.32 Å². The number of hydrogen-bond acceptors (Lipinski definition) is 4. The van der Waals surface area contributed by atoms with Gasteiger partial charge >= 0.3 is 0 Å². The van der Waals surface area contributed by atoms with E-state index in [2.05, 4.69) is 5.32 Å². The topological polar surface area (TPSA) is 84.6 Å². The first-order valence-electron chi connectivity index (χ1n) is 4.33. The van der Waals surface area contributed by atoms with Crippen molar-refractivity contribution in [2.24, 2.45) is 5.73 Å². The summed E-state index contributed by atoms with van der Waals surface area (Å²) in [5.74, 6) is -0.292. The van der Waals surface area contributed by atoms with Crippen LogP contribution in [0.3, 0.4) is 0 Å². The number of amides is 1. The third-order valence-corrected chi connectivity index (χ3v) is 1.52. The minimum absolute atomic E-state index is 0.292. The molecule has 13 heavy (non-hydrogen) atoms. The van der Waals surface area contributed by atoms with E-state index < -0.39 is 6.10 Å². The van der Waals surface area contributed by atoms with E-state index in [1.165, 1.54) is 7.11 Å². The fourth-order valence-electron chi connectivity index (χ4n) is 0.908. The smallest absolute Gasteiger partial charge is 0.217 e. The van der Waals surface area contributed by atoms with E-state index in [1.807, 2.05) is 0 Å². The van der Waals surface area contributed by atoms with Gasteiger partial charge in [0.2, 0.25) is 5.91 Å². The molecule has 0 aliphatic heterocycles. The van der Waals surface area contributed by atoms with E-state index in [1.54, 1.807) is 0 Å². The molecule has 0 fully saturated rings. The van der Waals surface area contributed by atoms with E-state index in [4.69, 9.17) is 10.5 Å². The molecular weight excluding hydrogens is 172 g/mol. The fourth-order valence-corrected chi connectivity index (χ4v) is 0.908. The van der Waals surface area contributed by atoms with Gasteiger partial charge in [-0.3, -0.25) is 4.79 Å². The summed E-state index contributed by atoms with van der Waals surface area (Å²) < 4.78 is 4.73. The number of aliphatic hydroxyl groups excluding tert-OH is 1. The maximum atomic E-state index is 10.3. The van der Waals surface area contributed by atoms with Crippen LogP contribution in [0.25, 0.3) is 0 Å². The molecule has 0 heterocycles. The van der Waals surface area contributed by atoms with Gasteiger partial charge < -0.3 is 20.9 Å². The van der Waals surface area contributed by atoms with Gasteiger partial charge in [0.1, 0.15) is 0 Å². The number of nitrogens with two attached hydrogens (primary N) is 1. The van der Waals surface area contributed by atoms with Crippen molar-refractivity contribution in [3.63, 3.8) is 0 Å². The monoisotopic (exact) mass is 190 g/mol. The van der Waals surface area contributed by atoms with Crippen molar-refractivity contribution in [2.45, 2.75) is 18.9 Å². The van der Waals surface area contributed by atoms with Crippen LogP contribution in [0, 0.1) is 0 Å². The number of carbonyl (C=O) groups is 1. The summed E-state index contributed by atoms with van der Waals surface area (Å²) in [6.07, 6.45) is 0.598. The van der Waals surface area contributed by atoms with Crippen molar-refractivity contribution in [3.8, 4) is 0 Å². The summed E-state index contributed by atoms with van der Waals surface area (Å²) in [4.78, 5) is 10.3. The number of rotatable bonds is 8. The second-order valence-electron chi connectivity index (χ2n) is 2.88. The molecular formula is C8H18N2O3. The van der Waals surface area contributed by atoms with Gasteiger partial charge in [0.05, 0.1) is 12.7 Å². The number of methoxy groups -OCH3 is 1. The van der Waals surface area contributed by atoms with Gasteiger partial charge in [-0.2, -0.15) is 0 Å². The lowest BCUT2D eigenvalue weighted by Crippen LogP contribution is -2.31. The Morgan fingerprint density at radius 1 is 1.69 bits per heavy atom. The van der Waals surface area contributed by atoms with Crippen LogP contribution in [-0.2, 0) is 9.53 Å². The lowest BCUT2D eigenvalue weighted by Gasteiger charge is -2.09. The number of hydrogen-bond donors (Lipinski definition) is 3. The zero-order valence-corrected chi connectivity index (χ0v) is 7.95. The van der Waals surface area contributed by atoms with Gasteiger partial charge in [-0.05, 0) is 13.0 Å². The average molecular weight is 190 g/mol. The lowest BCUT2D eigenvalue weighted by molar-refractivity contribution is -0.118. The van der Waals surface area contributed by atoms with Gasteiger partial charge in [0.25, 0.3) is 0 Å². The van der Waals surface area contributed by atoms with Crippen molar-refractivity contribution < 1.29 is 14.6 Å². The third-order valence-electron chi connectivity index (χ3n) is 1.52. The Kier molecular flexibility index (Phi) is 7.57. The molecule has 5 nitrogen and oxygen atoms in total. The van der Waals surface area contributed by atoms with Crippen LogP contribution in [0.15, 0.2) is 0 Å². The molecule has 0 aromatic carbocycles. The summed E-state index contributed by atoms with van der Waals surface area (Å²) in [5.41, 5.74) is 4.95. The molecule has 0 radical (unpaired) electrons. The predicted octanol–water partition coefficient (Wildman–Crippen LogP) is -1.15. The molecule has 1 unspecified atom stereocenters. The number of nitrogens with one attached hydrogen (secondary N) is 1. The predicted molar refractivity (Wildman–Crippen MR) is 49.2 cm³/mol. The molecule has 4 N–H and O–H groups in total. The Morgan fingerprint density at radius 2 is 2.38 bits per heavy atom. The summed E-state index contributed by atoms with van der Waals surface area (Å²) in [7, 11) is 1.54. The molecule has 0 aliphatic rings. The number of ether oxygens (including phenoxy) is 1. The van der Waals surface area contributed by atoms with Crippen LogP contribution in [0.2, 0.25) is 0 Å². The van der Waals surface area contributed by atoms with Crippen LogP contribution in [0.4, 0.5) is 0 Å². The zero-order chi connectivity index (χ0) is 10.1. The maximum Gasteiger partial charge on any atom is 0.217 e. The van der Waals surface area contributed by atoms with Crippen molar-refractivity contribution >= 4 is 5.91 Å². The Morgan fingerprint density at radius 3 is 2.92 bits per heavy atom. The minimum Gasteiger partial charge on any atom is -0.389 e. The molecule has 0 aliphatic carbocycles. The van der Waals surface area contributed by atoms with Crippen molar-refractivity contribution in [3.05, 3.63) is 0 Å². The highest BCUT2D eigenvalue weighted by molar-refractivity contribution is 5.73. The van der Waals surface area contributed by atoms with E-state index in [0.717, 1.165) is 0 Å². The highest BCUT2D eigenvalue weighted by Gasteiger charge is 2.01. The highest BCUT2D eigenvalue weighted by Crippen LogP contribution is 1.85. The Balaban J connectivity index is 3.11. The number of primary amides is 1. The molecule has 0 saturated heterocycles. The number of aliphatic hydroxyl groups is 1. The molecule has 78 valence electrons. The first-order valence-corrected chi connectivity index (χ1v) is 4.33. The number of carbonyl (C=O) groups excluding carboxylic acids is 1. The molecule has 0 bridgehead atoms. The van der Waals surface area contributed by atoms with Gasteiger partial charge in [-0.25, -0.2) is 0 Å². The van der Waals surface area contributed by atoms with Crippen LogP contribution in [-0.4, -0.2) is 43.9 Å². The molecule has 1 amide bonds. The SMILES string of the molecule is COCC(O)CNCCCC(N)=O. The molecule has 0 saturated carbocycles. The third kappa shape index (κ3) is 9.26. The largest absolute Gasteiger partial charge is 0.389 e. The van der Waals surface area contributed by atoms with Crippen molar-refractivity contribution in [2.75, 3.05) is 26.8 Å². The van der Waals surface area contributed by atoms with Crippen LogP contribution in [0.5, 0.6) is 0 Å². The Labute approximate surface area is 78.3 Å². The fraction of sp³-hybridized carbons (Fsp3) is 0.875. The average Bonchev–Trinajstić information content (AvgIpc) is 2.03. The molecule has 5 heteroatoms. The zero-order valence-electron chi connectivity index (χ0n) is 7.95. The first-order chi connectivity index (χ1) is 6.16. The molecule has 0 aromatic rings. The van der Waals surface area contributed by atoms with E-state index >= 15 is 0 Å². The summed E-state index contributed by atoms with van der Waals surface area (Å²) in [6.45, 7) is 1.49. The summed E-state index contributed by atoms with van der Waals surface area (Å²) >= 11 is 0. The standard InChI is InChI=1S/C8H18N2O3/c1-13-6-7(11)5-10-4-2-3-8(9)12/h7,10-11H,2-6H2,1H3,(H2,9,12). The van der Waals surface area contributed by atoms with Crippen molar-refractivity contribution in [1.29, 1.82) is 0 Å². The first kappa shape index (κ1) is 12.3. The normalized spacial score (nSPS) is 12.8.